The lowest BCUT2D eigenvalue weighted by Gasteiger charge is -2.09. The van der Waals surface area contributed by atoms with Gasteiger partial charge in [-0.25, -0.2) is 4.99 Å². The van der Waals surface area contributed by atoms with E-state index >= 15 is 0 Å². The molecule has 0 aliphatic heterocycles. The van der Waals surface area contributed by atoms with Crippen LogP contribution in [-0.2, 0) is 20.1 Å². The third kappa shape index (κ3) is 4.27. The number of nitrogens with two attached hydrogens (primary N) is 1. The van der Waals surface area contributed by atoms with Crippen molar-refractivity contribution in [3.05, 3.63) is 45.7 Å². The lowest BCUT2D eigenvalue weighted by molar-refractivity contribution is 0.354. The maximum Gasteiger partial charge on any atom is 0.189 e. The predicted molar refractivity (Wildman–Crippen MR) is 97.1 cm³/mol. The Hall–Kier alpha value is -2.05. The van der Waals surface area contributed by atoms with Crippen LogP contribution in [0.5, 0.6) is 11.5 Å². The minimum Gasteiger partial charge on any atom is -0.493 e. The first-order chi connectivity index (χ1) is 11.5. The highest BCUT2D eigenvalue weighted by Crippen LogP contribution is 2.28. The van der Waals surface area contributed by atoms with E-state index in [1.54, 1.807) is 24.9 Å². The fourth-order valence-corrected chi connectivity index (χ4v) is 2.57. The number of nitrogens with zero attached hydrogens (tertiary/aromatic N) is 2. The Labute approximate surface area is 151 Å². The molecule has 0 saturated heterocycles. The Kier molecular flexibility index (Phi) is 6.23. The number of nitrogens with one attached hydrogen (secondary N) is 1. The first-order valence-corrected chi connectivity index (χ1v) is 7.96. The standard InChI is InChI=1S/C16H20Cl2N4O2/c1-22-11(7-12(17)15(22)18)9-21-16(19)20-8-10-4-5-13(23-2)14(6-10)24-3/h4-7H,8-9H2,1-3H3,(H3,19,20,21). The van der Waals surface area contributed by atoms with E-state index in [4.69, 9.17) is 38.4 Å². The topological polar surface area (TPSA) is 73.8 Å². The molecule has 6 nitrogen and oxygen atoms in total. The van der Waals surface area contributed by atoms with Crippen molar-refractivity contribution < 1.29 is 9.47 Å². The number of aliphatic imine (C=N–C) groups is 1. The van der Waals surface area contributed by atoms with Crippen LogP contribution in [0, 0.1) is 0 Å². The summed E-state index contributed by atoms with van der Waals surface area (Å²) in [7, 11) is 5.03. The predicted octanol–water partition coefficient (Wildman–Crippen LogP) is 2.95. The highest BCUT2D eigenvalue weighted by Gasteiger charge is 2.09. The van der Waals surface area contributed by atoms with Gasteiger partial charge in [-0.05, 0) is 23.8 Å². The second-order valence-electron chi connectivity index (χ2n) is 5.08. The molecule has 0 amide bonds. The molecule has 24 heavy (non-hydrogen) atoms. The SMILES string of the molecule is COc1ccc(CN=C(N)NCc2cc(Cl)c(Cl)n2C)cc1OC. The Balaban J connectivity index is 1.97. The minimum absolute atomic E-state index is 0.332. The van der Waals surface area contributed by atoms with Gasteiger partial charge < -0.3 is 25.1 Å². The van der Waals surface area contributed by atoms with E-state index in [0.717, 1.165) is 11.3 Å². The molecule has 0 bridgehead atoms. The molecule has 8 heteroatoms. The lowest BCUT2D eigenvalue weighted by atomic mass is 10.2. The van der Waals surface area contributed by atoms with Crippen molar-refractivity contribution in [2.75, 3.05) is 14.2 Å². The molecular weight excluding hydrogens is 351 g/mol. The summed E-state index contributed by atoms with van der Waals surface area (Å²) in [5.74, 6) is 1.66. The van der Waals surface area contributed by atoms with Crippen LogP contribution in [-0.4, -0.2) is 24.7 Å². The van der Waals surface area contributed by atoms with E-state index in [-0.39, 0.29) is 0 Å². The Morgan fingerprint density at radius 2 is 1.92 bits per heavy atom. The molecule has 0 saturated carbocycles. The van der Waals surface area contributed by atoms with Crippen LogP contribution >= 0.6 is 23.2 Å². The van der Waals surface area contributed by atoms with E-state index in [0.29, 0.717) is 40.7 Å². The molecule has 0 aliphatic carbocycles. The number of rotatable bonds is 6. The van der Waals surface area contributed by atoms with Gasteiger partial charge in [-0.1, -0.05) is 29.3 Å². The van der Waals surface area contributed by atoms with Crippen LogP contribution < -0.4 is 20.5 Å². The third-order valence-corrected chi connectivity index (χ3v) is 4.39. The number of hydrogen-bond donors (Lipinski definition) is 2. The Morgan fingerprint density at radius 3 is 2.50 bits per heavy atom. The highest BCUT2D eigenvalue weighted by atomic mass is 35.5. The molecule has 1 heterocycles. The van der Waals surface area contributed by atoms with Crippen molar-refractivity contribution in [3.63, 3.8) is 0 Å². The zero-order valence-corrected chi connectivity index (χ0v) is 15.3. The number of benzene rings is 1. The maximum absolute atomic E-state index is 6.03. The lowest BCUT2D eigenvalue weighted by Crippen LogP contribution is -2.31. The van der Waals surface area contributed by atoms with Gasteiger partial charge in [0.2, 0.25) is 0 Å². The number of methoxy groups -OCH3 is 2. The van der Waals surface area contributed by atoms with Crippen LogP contribution in [0.15, 0.2) is 29.3 Å². The average Bonchev–Trinajstić information content (AvgIpc) is 2.84. The molecule has 0 unspecified atom stereocenters. The molecule has 2 aromatic rings. The molecule has 1 aromatic carbocycles. The molecule has 2 rings (SSSR count). The van der Waals surface area contributed by atoms with Crippen LogP contribution in [0.2, 0.25) is 10.2 Å². The zero-order valence-electron chi connectivity index (χ0n) is 13.8. The van der Waals surface area contributed by atoms with Crippen molar-refractivity contribution in [3.8, 4) is 11.5 Å². The summed E-state index contributed by atoms with van der Waals surface area (Å²) in [6.07, 6.45) is 0. The van der Waals surface area contributed by atoms with Gasteiger partial charge in [0, 0.05) is 12.7 Å². The monoisotopic (exact) mass is 370 g/mol. The van der Waals surface area contributed by atoms with Crippen LogP contribution in [0.1, 0.15) is 11.3 Å². The molecule has 0 atom stereocenters. The number of hydrogen-bond acceptors (Lipinski definition) is 3. The number of aromatic nitrogens is 1. The molecule has 130 valence electrons. The van der Waals surface area contributed by atoms with Crippen molar-refractivity contribution in [1.82, 2.24) is 9.88 Å². The summed E-state index contributed by atoms with van der Waals surface area (Å²) < 4.78 is 12.3. The summed E-state index contributed by atoms with van der Waals surface area (Å²) in [4.78, 5) is 4.31. The zero-order chi connectivity index (χ0) is 17.7. The molecule has 0 spiro atoms. The van der Waals surface area contributed by atoms with Crippen LogP contribution in [0.3, 0.4) is 0 Å². The summed E-state index contributed by atoms with van der Waals surface area (Å²) in [5, 5.41) is 4.04. The summed E-state index contributed by atoms with van der Waals surface area (Å²) in [5.41, 5.74) is 7.77. The molecule has 0 fully saturated rings. The first-order valence-electron chi connectivity index (χ1n) is 7.20. The largest absolute Gasteiger partial charge is 0.493 e. The molecular formula is C16H20Cl2N4O2. The van der Waals surface area contributed by atoms with E-state index in [9.17, 15) is 0 Å². The normalized spacial score (nSPS) is 11.5. The van der Waals surface area contributed by atoms with Crippen molar-refractivity contribution >= 4 is 29.2 Å². The average molecular weight is 371 g/mol. The van der Waals surface area contributed by atoms with Gasteiger partial charge in [-0.2, -0.15) is 0 Å². The molecule has 0 radical (unpaired) electrons. The van der Waals surface area contributed by atoms with Crippen LogP contribution in [0.25, 0.3) is 0 Å². The van der Waals surface area contributed by atoms with Gasteiger partial charge in [0.15, 0.2) is 17.5 Å². The Bertz CT molecular complexity index is 744. The summed E-state index contributed by atoms with van der Waals surface area (Å²) in [6, 6.07) is 7.40. The number of guanidine groups is 1. The van der Waals surface area contributed by atoms with E-state index in [2.05, 4.69) is 10.3 Å². The molecule has 1 aromatic heterocycles. The van der Waals surface area contributed by atoms with Crippen molar-refractivity contribution in [2.24, 2.45) is 17.8 Å². The van der Waals surface area contributed by atoms with Gasteiger partial charge >= 0.3 is 0 Å². The van der Waals surface area contributed by atoms with Gasteiger partial charge in [0.05, 0.1) is 32.3 Å². The van der Waals surface area contributed by atoms with E-state index < -0.39 is 0 Å². The molecule has 3 N–H and O–H groups in total. The second-order valence-corrected chi connectivity index (χ2v) is 5.84. The third-order valence-electron chi connectivity index (χ3n) is 3.55. The second kappa shape index (κ2) is 8.17. The van der Waals surface area contributed by atoms with Gasteiger partial charge in [-0.3, -0.25) is 0 Å². The minimum atomic E-state index is 0.332. The Morgan fingerprint density at radius 1 is 1.21 bits per heavy atom. The fourth-order valence-electron chi connectivity index (χ4n) is 2.15. The quantitative estimate of drug-likeness (QED) is 0.605. The summed E-state index contributed by atoms with van der Waals surface area (Å²) >= 11 is 12.0. The molecule has 0 aliphatic rings. The highest BCUT2D eigenvalue weighted by molar-refractivity contribution is 6.41. The first kappa shape index (κ1) is 18.3. The van der Waals surface area contributed by atoms with E-state index in [1.807, 2.05) is 25.2 Å². The number of ether oxygens (including phenoxy) is 2. The number of halogens is 2. The summed E-state index contributed by atoms with van der Waals surface area (Å²) in [6.45, 7) is 0.901. The van der Waals surface area contributed by atoms with Crippen molar-refractivity contribution in [1.29, 1.82) is 0 Å². The smallest absolute Gasteiger partial charge is 0.189 e. The van der Waals surface area contributed by atoms with Crippen LogP contribution in [0.4, 0.5) is 0 Å². The maximum atomic E-state index is 6.03. The fraction of sp³-hybridized carbons (Fsp3) is 0.312. The van der Waals surface area contributed by atoms with Crippen molar-refractivity contribution in [2.45, 2.75) is 13.1 Å². The van der Waals surface area contributed by atoms with Gasteiger partial charge in [0.25, 0.3) is 0 Å². The van der Waals surface area contributed by atoms with E-state index in [1.165, 1.54) is 0 Å². The van der Waals surface area contributed by atoms with Gasteiger partial charge in [-0.15, -0.1) is 0 Å². The van der Waals surface area contributed by atoms with Gasteiger partial charge in [0.1, 0.15) is 5.15 Å².